The number of halogens is 3. The molecule has 2 aliphatic heterocycles. The van der Waals surface area contributed by atoms with Crippen molar-refractivity contribution in [3.05, 3.63) is 93.6 Å². The normalized spacial score (nSPS) is 17.6. The molecule has 1 fully saturated rings. The number of nitrogens with two attached hydrogens (primary N) is 1. The third-order valence-electron chi connectivity index (χ3n) is 6.53. The van der Waals surface area contributed by atoms with Crippen LogP contribution in [-0.4, -0.2) is 53.4 Å². The molecule has 5 rings (SSSR count). The van der Waals surface area contributed by atoms with Gasteiger partial charge in [0.15, 0.2) is 0 Å². The van der Waals surface area contributed by atoms with Crippen molar-refractivity contribution in [3.63, 3.8) is 0 Å². The average Bonchev–Trinajstić information content (AvgIpc) is 3.33. The van der Waals surface area contributed by atoms with Crippen LogP contribution in [0.5, 0.6) is 5.75 Å². The summed E-state index contributed by atoms with van der Waals surface area (Å²) in [7, 11) is 0. The van der Waals surface area contributed by atoms with Crippen LogP contribution < -0.4 is 15.8 Å². The van der Waals surface area contributed by atoms with E-state index < -0.39 is 24.9 Å². The average molecular weight is 539 g/mol. The van der Waals surface area contributed by atoms with E-state index in [4.69, 9.17) is 22.1 Å². The first-order chi connectivity index (χ1) is 18.2. The van der Waals surface area contributed by atoms with Crippen molar-refractivity contribution in [2.75, 3.05) is 25.4 Å². The predicted molar refractivity (Wildman–Crippen MR) is 140 cm³/mol. The summed E-state index contributed by atoms with van der Waals surface area (Å²) in [4.78, 5) is 30.3. The Kier molecular flexibility index (Phi) is 7.03. The Morgan fingerprint density at radius 2 is 1.95 bits per heavy atom. The smallest absolute Gasteiger partial charge is 0.282 e. The first-order valence-corrected chi connectivity index (χ1v) is 12.5. The second-order valence-corrected chi connectivity index (χ2v) is 9.81. The number of carbonyl (C=O) groups is 2. The van der Waals surface area contributed by atoms with Crippen LogP contribution in [0.15, 0.2) is 60.8 Å². The lowest BCUT2D eigenvalue weighted by molar-refractivity contribution is -0.116. The number of benzene rings is 2. The summed E-state index contributed by atoms with van der Waals surface area (Å²) in [5.74, 6) is -2.56. The fourth-order valence-corrected chi connectivity index (χ4v) is 4.80. The minimum Gasteiger partial charge on any atom is -0.486 e. The molecule has 1 atom stereocenters. The molecule has 38 heavy (non-hydrogen) atoms. The zero-order chi connectivity index (χ0) is 26.9. The number of rotatable bonds is 7. The highest BCUT2D eigenvalue weighted by atomic mass is 35.5. The summed E-state index contributed by atoms with van der Waals surface area (Å²) in [6.07, 6.45) is 5.23. The van der Waals surface area contributed by atoms with E-state index in [9.17, 15) is 18.4 Å². The van der Waals surface area contributed by atoms with Gasteiger partial charge in [0.25, 0.3) is 11.8 Å². The maximum absolute atomic E-state index is 13.3. The van der Waals surface area contributed by atoms with Crippen molar-refractivity contribution in [1.29, 1.82) is 0 Å². The fraction of sp³-hybridized carbons (Fsp3) is 0.250. The van der Waals surface area contributed by atoms with E-state index in [1.54, 1.807) is 42.6 Å². The third kappa shape index (κ3) is 5.62. The highest BCUT2D eigenvalue weighted by molar-refractivity contribution is 6.32. The zero-order valence-electron chi connectivity index (χ0n) is 20.3. The van der Waals surface area contributed by atoms with E-state index in [1.165, 1.54) is 6.08 Å². The number of alkyl halides is 2. The van der Waals surface area contributed by atoms with Crippen LogP contribution in [0.3, 0.4) is 0 Å². The second-order valence-electron chi connectivity index (χ2n) is 9.40. The third-order valence-corrected chi connectivity index (χ3v) is 6.82. The molecule has 3 aromatic rings. The number of anilines is 1. The molecule has 10 heteroatoms. The van der Waals surface area contributed by atoms with E-state index in [-0.39, 0.29) is 18.6 Å². The van der Waals surface area contributed by atoms with E-state index in [2.05, 4.69) is 10.3 Å². The molecule has 0 saturated carbocycles. The lowest BCUT2D eigenvalue weighted by Gasteiger charge is -2.39. The Morgan fingerprint density at radius 1 is 1.16 bits per heavy atom. The highest BCUT2D eigenvalue weighted by Crippen LogP contribution is 2.39. The standard InChI is InChI=1S/C28H25ClF2N4O3/c29-23-8-7-19(11-18-3-1-2-4-21(18)27(37)35-15-28(30,31)16-35)22-12-20(38-26(22)23)14-34-25(36)10-6-17-5-9-24(32)33-13-17/h1-10,13,20H,11-12,14-16H2,(H2,32,33)(H,34,36)/b10-6+. The minimum atomic E-state index is -2.83. The molecule has 2 aliphatic rings. The Balaban J connectivity index is 1.25. The van der Waals surface area contributed by atoms with Crippen LogP contribution >= 0.6 is 11.6 Å². The van der Waals surface area contributed by atoms with Crippen molar-refractivity contribution >= 4 is 35.3 Å². The minimum absolute atomic E-state index is 0.270. The fourth-order valence-electron chi connectivity index (χ4n) is 4.58. The molecule has 0 bridgehead atoms. The van der Waals surface area contributed by atoms with Crippen LogP contribution in [0.4, 0.5) is 14.6 Å². The van der Waals surface area contributed by atoms with E-state index in [1.807, 2.05) is 18.2 Å². The molecular formula is C28H25ClF2N4O3. The molecule has 1 saturated heterocycles. The van der Waals surface area contributed by atoms with Gasteiger partial charge in [-0.1, -0.05) is 35.9 Å². The van der Waals surface area contributed by atoms with Crippen LogP contribution in [0.25, 0.3) is 6.08 Å². The summed E-state index contributed by atoms with van der Waals surface area (Å²) in [6.45, 7) is -0.862. The summed E-state index contributed by atoms with van der Waals surface area (Å²) in [5.41, 5.74) is 9.27. The number of pyridine rings is 1. The van der Waals surface area contributed by atoms with Crippen molar-refractivity contribution in [1.82, 2.24) is 15.2 Å². The summed E-state index contributed by atoms with van der Waals surface area (Å²) < 4.78 is 32.7. The number of nitrogens with zero attached hydrogens (tertiary/aromatic N) is 2. The molecule has 3 N–H and O–H groups in total. The van der Waals surface area contributed by atoms with Gasteiger partial charge in [-0.25, -0.2) is 13.8 Å². The maximum atomic E-state index is 13.3. The number of nitrogen functional groups attached to an aromatic ring is 1. The van der Waals surface area contributed by atoms with Gasteiger partial charge in [0, 0.05) is 29.8 Å². The maximum Gasteiger partial charge on any atom is 0.282 e. The van der Waals surface area contributed by atoms with Crippen LogP contribution in [0, 0.1) is 0 Å². The molecular weight excluding hydrogens is 514 g/mol. The SMILES string of the molecule is Nc1ccc(/C=C/C(=O)NCC2Cc3c(Cc4ccccc4C(=O)N4CC(F)(F)C4)ccc(Cl)c3O2)cn1. The molecule has 3 heterocycles. The van der Waals surface area contributed by atoms with Crippen molar-refractivity contribution in [3.8, 4) is 5.75 Å². The van der Waals surface area contributed by atoms with E-state index in [0.29, 0.717) is 35.0 Å². The highest BCUT2D eigenvalue weighted by Gasteiger charge is 2.46. The molecule has 2 amide bonds. The van der Waals surface area contributed by atoms with Gasteiger partial charge in [0.1, 0.15) is 17.7 Å². The number of amides is 2. The van der Waals surface area contributed by atoms with Gasteiger partial charge in [-0.05, 0) is 53.5 Å². The van der Waals surface area contributed by atoms with Gasteiger partial charge >= 0.3 is 0 Å². The number of hydrogen-bond donors (Lipinski definition) is 2. The van der Waals surface area contributed by atoms with Gasteiger partial charge in [-0.15, -0.1) is 0 Å². The lowest BCUT2D eigenvalue weighted by atomic mass is 9.93. The summed E-state index contributed by atoms with van der Waals surface area (Å²) >= 11 is 6.41. The number of ether oxygens (including phenoxy) is 1. The summed E-state index contributed by atoms with van der Waals surface area (Å²) in [5, 5.41) is 3.29. The van der Waals surface area contributed by atoms with Gasteiger partial charge < -0.3 is 20.7 Å². The van der Waals surface area contributed by atoms with Gasteiger partial charge in [0.2, 0.25) is 5.91 Å². The molecule has 1 unspecified atom stereocenters. The quantitative estimate of drug-likeness (QED) is 0.441. The van der Waals surface area contributed by atoms with Crippen molar-refractivity contribution in [2.24, 2.45) is 0 Å². The van der Waals surface area contributed by atoms with Crippen molar-refractivity contribution in [2.45, 2.75) is 24.9 Å². The van der Waals surface area contributed by atoms with Gasteiger partial charge in [-0.2, -0.15) is 0 Å². The van der Waals surface area contributed by atoms with Gasteiger partial charge in [0.05, 0.1) is 24.7 Å². The Bertz CT molecular complexity index is 1400. The molecule has 196 valence electrons. The molecule has 0 radical (unpaired) electrons. The lowest BCUT2D eigenvalue weighted by Crippen LogP contribution is -2.58. The number of carbonyl (C=O) groups excluding carboxylic acids is 2. The Labute approximate surface area is 223 Å². The Morgan fingerprint density at radius 3 is 2.68 bits per heavy atom. The topological polar surface area (TPSA) is 97.5 Å². The number of nitrogens with one attached hydrogen (secondary N) is 1. The van der Waals surface area contributed by atoms with Crippen LogP contribution in [0.2, 0.25) is 5.02 Å². The number of aromatic nitrogens is 1. The Hall–Kier alpha value is -3.98. The molecule has 0 spiro atoms. The number of fused-ring (bicyclic) bond motifs is 1. The molecule has 7 nitrogen and oxygen atoms in total. The molecule has 2 aromatic carbocycles. The van der Waals surface area contributed by atoms with E-state index >= 15 is 0 Å². The number of hydrogen-bond acceptors (Lipinski definition) is 5. The van der Waals surface area contributed by atoms with Crippen molar-refractivity contribution < 1.29 is 23.1 Å². The van der Waals surface area contributed by atoms with Gasteiger partial charge in [-0.3, -0.25) is 9.59 Å². The molecule has 1 aromatic heterocycles. The van der Waals surface area contributed by atoms with E-state index in [0.717, 1.165) is 27.2 Å². The first-order valence-electron chi connectivity index (χ1n) is 12.1. The number of likely N-dealkylation sites (tertiary alicyclic amines) is 1. The monoisotopic (exact) mass is 538 g/mol. The second kappa shape index (κ2) is 10.4. The molecule has 0 aliphatic carbocycles. The van der Waals surface area contributed by atoms with Crippen LogP contribution in [0.1, 0.15) is 32.6 Å². The van der Waals surface area contributed by atoms with Crippen LogP contribution in [-0.2, 0) is 17.6 Å². The zero-order valence-corrected chi connectivity index (χ0v) is 21.1. The predicted octanol–water partition coefficient (Wildman–Crippen LogP) is 4.13. The first kappa shape index (κ1) is 25.7. The largest absolute Gasteiger partial charge is 0.486 e. The summed E-state index contributed by atoms with van der Waals surface area (Å²) in [6, 6.07) is 14.1.